The van der Waals surface area contributed by atoms with E-state index >= 15 is 0 Å². The van der Waals surface area contributed by atoms with Crippen LogP contribution in [0.15, 0.2) is 24.4 Å². The van der Waals surface area contributed by atoms with Crippen molar-refractivity contribution in [3.8, 4) is 0 Å². The van der Waals surface area contributed by atoms with Gasteiger partial charge in [0.1, 0.15) is 11.9 Å². The predicted molar refractivity (Wildman–Crippen MR) is 65.8 cm³/mol. The Kier molecular flexibility index (Phi) is 3.48. The molecule has 0 radical (unpaired) electrons. The van der Waals surface area contributed by atoms with E-state index in [1.165, 1.54) is 7.11 Å². The number of ether oxygens (including phenoxy) is 1. The van der Waals surface area contributed by atoms with Crippen LogP contribution < -0.4 is 5.73 Å². The van der Waals surface area contributed by atoms with Crippen molar-refractivity contribution in [2.45, 2.75) is 12.5 Å². The highest BCUT2D eigenvalue weighted by Crippen LogP contribution is 2.15. The van der Waals surface area contributed by atoms with Gasteiger partial charge in [-0.3, -0.25) is 4.79 Å². The smallest absolute Gasteiger partial charge is 0.358 e. The molecule has 7 heteroatoms. The van der Waals surface area contributed by atoms with Gasteiger partial charge in [0, 0.05) is 12.6 Å². The fraction of sp³-hybridized carbons (Fsp3) is 0.250. The highest BCUT2D eigenvalue weighted by molar-refractivity contribution is 5.95. The zero-order valence-electron chi connectivity index (χ0n) is 10.2. The highest BCUT2D eigenvalue weighted by atomic mass is 16.5. The summed E-state index contributed by atoms with van der Waals surface area (Å²) in [6.45, 7) is 0. The lowest BCUT2D eigenvalue weighted by Gasteiger charge is -2.04. The number of carboxylic acids is 1. The van der Waals surface area contributed by atoms with E-state index in [0.717, 1.165) is 0 Å². The second-order valence-electron chi connectivity index (χ2n) is 3.97. The zero-order chi connectivity index (χ0) is 14.0. The quantitative estimate of drug-likeness (QED) is 0.756. The molecule has 7 nitrogen and oxygen atoms in total. The van der Waals surface area contributed by atoms with Gasteiger partial charge in [-0.1, -0.05) is 6.07 Å². The number of carbonyl (C=O) groups excluding carboxylic acids is 1. The Balaban J connectivity index is 2.50. The lowest BCUT2D eigenvalue weighted by atomic mass is 10.2. The molecule has 0 aliphatic heterocycles. The third-order valence-corrected chi connectivity index (χ3v) is 2.72. The lowest BCUT2D eigenvalue weighted by Crippen LogP contribution is -2.33. The summed E-state index contributed by atoms with van der Waals surface area (Å²) < 4.78 is 6.28. The van der Waals surface area contributed by atoms with Crippen molar-refractivity contribution < 1.29 is 19.4 Å². The van der Waals surface area contributed by atoms with Gasteiger partial charge in [0.25, 0.3) is 0 Å². The summed E-state index contributed by atoms with van der Waals surface area (Å²) in [6, 6.07) is 4.14. The molecule has 2 rings (SSSR count). The number of nitrogens with zero attached hydrogens (tertiary/aromatic N) is 2. The number of aliphatic carboxylic acids is 1. The van der Waals surface area contributed by atoms with Gasteiger partial charge in [-0.05, 0) is 12.1 Å². The third kappa shape index (κ3) is 2.41. The third-order valence-electron chi connectivity index (χ3n) is 2.72. The number of fused-ring (bicyclic) bond motifs is 1. The number of esters is 1. The van der Waals surface area contributed by atoms with E-state index in [9.17, 15) is 9.59 Å². The number of hydrogen-bond acceptors (Lipinski definition) is 5. The number of carboxylic acid groups (broad SMARTS) is 1. The number of hydrogen-bond donors (Lipinski definition) is 2. The Hall–Kier alpha value is -2.41. The van der Waals surface area contributed by atoms with E-state index in [0.29, 0.717) is 11.3 Å². The minimum atomic E-state index is -1.12. The first-order chi connectivity index (χ1) is 9.04. The maximum Gasteiger partial charge on any atom is 0.358 e. The molecular weight excluding hydrogens is 250 g/mol. The van der Waals surface area contributed by atoms with Gasteiger partial charge >= 0.3 is 11.9 Å². The number of carbonyl (C=O) groups is 2. The van der Waals surface area contributed by atoms with Gasteiger partial charge in [0.05, 0.1) is 12.6 Å². The zero-order valence-corrected chi connectivity index (χ0v) is 10.2. The van der Waals surface area contributed by atoms with Crippen molar-refractivity contribution in [2.24, 2.45) is 5.73 Å². The fourth-order valence-corrected chi connectivity index (χ4v) is 1.78. The predicted octanol–water partition coefficient (Wildman–Crippen LogP) is 0.0753. The van der Waals surface area contributed by atoms with Crippen LogP contribution in [-0.2, 0) is 16.0 Å². The normalized spacial score (nSPS) is 12.3. The molecule has 0 aliphatic rings. The van der Waals surface area contributed by atoms with E-state index in [4.69, 9.17) is 10.8 Å². The van der Waals surface area contributed by atoms with E-state index in [1.54, 1.807) is 28.8 Å². The first-order valence-electron chi connectivity index (χ1n) is 5.57. The minimum Gasteiger partial charge on any atom is -0.480 e. The summed E-state index contributed by atoms with van der Waals surface area (Å²) in [6.07, 6.45) is 1.72. The molecule has 0 spiro atoms. The summed E-state index contributed by atoms with van der Waals surface area (Å²) in [4.78, 5) is 26.5. The molecule has 2 aromatic rings. The molecule has 0 saturated heterocycles. The van der Waals surface area contributed by atoms with Crippen molar-refractivity contribution in [1.82, 2.24) is 9.38 Å². The van der Waals surface area contributed by atoms with E-state index in [-0.39, 0.29) is 12.1 Å². The fourth-order valence-electron chi connectivity index (χ4n) is 1.78. The van der Waals surface area contributed by atoms with Gasteiger partial charge in [0.15, 0.2) is 5.69 Å². The summed E-state index contributed by atoms with van der Waals surface area (Å²) in [5, 5.41) is 8.82. The Labute approximate surface area is 108 Å². The van der Waals surface area contributed by atoms with Gasteiger partial charge < -0.3 is 20.0 Å². The molecule has 0 fully saturated rings. The molecule has 0 aliphatic carbocycles. The first kappa shape index (κ1) is 13.0. The number of nitrogens with two attached hydrogens (primary N) is 1. The highest BCUT2D eigenvalue weighted by Gasteiger charge is 2.21. The van der Waals surface area contributed by atoms with Crippen LogP contribution in [0.25, 0.3) is 5.52 Å². The molecule has 0 amide bonds. The number of methoxy groups -OCH3 is 1. The van der Waals surface area contributed by atoms with Crippen LogP contribution in [0.1, 0.15) is 16.3 Å². The minimum absolute atomic E-state index is 0.0253. The standard InChI is InChI=1S/C12H13N3O4/c1-19-12(18)10-8-4-2-3-5-15(8)9(14-10)6-7(13)11(16)17/h2-5,7H,6,13H2,1H3,(H,16,17). The Bertz CT molecular complexity index is 635. The van der Waals surface area contributed by atoms with Crippen LogP contribution in [0.2, 0.25) is 0 Å². The number of pyridine rings is 1. The number of imidazole rings is 1. The Morgan fingerprint density at radius 2 is 2.26 bits per heavy atom. The van der Waals surface area contributed by atoms with Crippen LogP contribution in [0, 0.1) is 0 Å². The molecule has 1 unspecified atom stereocenters. The summed E-state index contributed by atoms with van der Waals surface area (Å²) in [7, 11) is 1.26. The molecular formula is C12H13N3O4. The molecule has 2 heterocycles. The largest absolute Gasteiger partial charge is 0.480 e. The average Bonchev–Trinajstić information content (AvgIpc) is 2.77. The van der Waals surface area contributed by atoms with E-state index in [1.807, 2.05) is 0 Å². The van der Waals surface area contributed by atoms with Crippen molar-refractivity contribution >= 4 is 17.5 Å². The second-order valence-corrected chi connectivity index (χ2v) is 3.97. The summed E-state index contributed by atoms with van der Waals surface area (Å²) >= 11 is 0. The van der Waals surface area contributed by atoms with E-state index < -0.39 is 18.0 Å². The Morgan fingerprint density at radius 3 is 2.89 bits per heavy atom. The van der Waals surface area contributed by atoms with Crippen LogP contribution >= 0.6 is 0 Å². The molecule has 0 bridgehead atoms. The molecule has 0 saturated carbocycles. The van der Waals surface area contributed by atoms with E-state index in [2.05, 4.69) is 9.72 Å². The van der Waals surface area contributed by atoms with Crippen LogP contribution in [-0.4, -0.2) is 39.6 Å². The van der Waals surface area contributed by atoms with Gasteiger partial charge in [-0.15, -0.1) is 0 Å². The van der Waals surface area contributed by atoms with Crippen molar-refractivity contribution in [2.75, 3.05) is 7.11 Å². The summed E-state index contributed by atoms with van der Waals surface area (Å²) in [5.74, 6) is -1.28. The lowest BCUT2D eigenvalue weighted by molar-refractivity contribution is -0.138. The van der Waals surface area contributed by atoms with Crippen molar-refractivity contribution in [3.05, 3.63) is 35.9 Å². The second kappa shape index (κ2) is 5.07. The maximum absolute atomic E-state index is 11.6. The number of aromatic nitrogens is 2. The monoisotopic (exact) mass is 263 g/mol. The first-order valence-corrected chi connectivity index (χ1v) is 5.57. The molecule has 19 heavy (non-hydrogen) atoms. The molecule has 1 atom stereocenters. The molecule has 0 aromatic carbocycles. The van der Waals surface area contributed by atoms with Gasteiger partial charge in [0.2, 0.25) is 0 Å². The number of rotatable bonds is 4. The maximum atomic E-state index is 11.6. The summed E-state index contributed by atoms with van der Waals surface area (Å²) in [5.41, 5.74) is 6.19. The Morgan fingerprint density at radius 1 is 1.53 bits per heavy atom. The van der Waals surface area contributed by atoms with Crippen molar-refractivity contribution in [1.29, 1.82) is 0 Å². The average molecular weight is 263 g/mol. The molecule has 100 valence electrons. The SMILES string of the molecule is COC(=O)c1nc(CC(N)C(=O)O)n2ccccc12. The van der Waals surface area contributed by atoms with Crippen molar-refractivity contribution in [3.63, 3.8) is 0 Å². The molecule has 3 N–H and O–H groups in total. The van der Waals surface area contributed by atoms with Gasteiger partial charge in [-0.25, -0.2) is 9.78 Å². The van der Waals surface area contributed by atoms with Crippen LogP contribution in [0.5, 0.6) is 0 Å². The van der Waals surface area contributed by atoms with Crippen LogP contribution in [0.3, 0.4) is 0 Å². The van der Waals surface area contributed by atoms with Gasteiger partial charge in [-0.2, -0.15) is 0 Å². The molecule has 2 aromatic heterocycles. The topological polar surface area (TPSA) is 107 Å². The van der Waals surface area contributed by atoms with Crippen LogP contribution in [0.4, 0.5) is 0 Å².